The van der Waals surface area contributed by atoms with Crippen molar-refractivity contribution in [2.24, 2.45) is 9.98 Å². The standard InChI is InChI=1S/C38H33BCl2N8O4S2/c1-17-29-31(21-7-11-23(40)12-8-21)42-25(15-27(50)52-5)35-46-44-19(3)48(35)37(29)54-33(17)39-34-18(2)30-32(22-9-13-24(41)14-10-22)43-26(16-28(51)53-6)36-47-45-20(4)49(36)38(30)55-34/h7-14,25-26,39H,15-16H2,1-6H3/t25-,26-/m0/s1. The van der Waals surface area contributed by atoms with Gasteiger partial charge in [-0.1, -0.05) is 47.5 Å². The highest BCUT2D eigenvalue weighted by molar-refractivity contribution is 7.31. The van der Waals surface area contributed by atoms with Crippen molar-refractivity contribution in [1.29, 1.82) is 0 Å². The summed E-state index contributed by atoms with van der Waals surface area (Å²) in [4.78, 5) is 35.7. The van der Waals surface area contributed by atoms with Gasteiger partial charge in [-0.25, -0.2) is 0 Å². The average molecular weight is 812 g/mol. The van der Waals surface area contributed by atoms with E-state index in [1.54, 1.807) is 22.7 Å². The van der Waals surface area contributed by atoms with Crippen molar-refractivity contribution in [3.8, 4) is 10.0 Å². The summed E-state index contributed by atoms with van der Waals surface area (Å²) in [7, 11) is 3.35. The highest BCUT2D eigenvalue weighted by Crippen LogP contribution is 2.39. The van der Waals surface area contributed by atoms with E-state index in [0.29, 0.717) is 40.6 Å². The first kappa shape index (κ1) is 37.0. The van der Waals surface area contributed by atoms with E-state index in [0.717, 1.165) is 64.4 Å². The molecule has 4 aromatic heterocycles. The third kappa shape index (κ3) is 6.52. The molecule has 0 N–H and O–H groups in total. The number of aliphatic imine (C=N–C) groups is 2. The van der Waals surface area contributed by atoms with Crippen LogP contribution < -0.4 is 9.55 Å². The number of hydrogen-bond acceptors (Lipinski definition) is 12. The van der Waals surface area contributed by atoms with Crippen LogP contribution in [0.2, 0.25) is 10.0 Å². The minimum absolute atomic E-state index is 0.00895. The first-order valence-corrected chi connectivity index (χ1v) is 19.8. The maximum absolute atomic E-state index is 12.7. The van der Waals surface area contributed by atoms with Gasteiger partial charge in [0.15, 0.2) is 11.6 Å². The number of esters is 2. The van der Waals surface area contributed by atoms with Crippen molar-refractivity contribution in [2.75, 3.05) is 14.2 Å². The van der Waals surface area contributed by atoms with Crippen molar-refractivity contribution >= 4 is 86.1 Å². The summed E-state index contributed by atoms with van der Waals surface area (Å²) in [6.07, 6.45) is 0.0179. The maximum Gasteiger partial charge on any atom is 0.308 e. The highest BCUT2D eigenvalue weighted by Gasteiger charge is 2.36. The Balaban J connectivity index is 1.30. The molecule has 2 aliphatic heterocycles. The summed E-state index contributed by atoms with van der Waals surface area (Å²) in [6, 6.07) is 13.9. The smallest absolute Gasteiger partial charge is 0.308 e. The number of hydrogen-bond donors (Lipinski definition) is 0. The predicted octanol–water partition coefficient (Wildman–Crippen LogP) is 5.81. The second-order valence-electron chi connectivity index (χ2n) is 13.3. The van der Waals surface area contributed by atoms with Crippen LogP contribution in [0.3, 0.4) is 0 Å². The van der Waals surface area contributed by atoms with E-state index >= 15 is 0 Å². The molecule has 0 saturated carbocycles. The predicted molar refractivity (Wildman–Crippen MR) is 217 cm³/mol. The molecular formula is C38H33BCl2N8O4S2. The average Bonchev–Trinajstić information content (AvgIpc) is 3.88. The topological polar surface area (TPSA) is 139 Å². The molecule has 0 unspecified atom stereocenters. The number of carbonyl (C=O) groups excluding carboxylic acids is 2. The lowest BCUT2D eigenvalue weighted by atomic mass is 9.70. The lowest BCUT2D eigenvalue weighted by Gasteiger charge is -2.12. The zero-order valence-corrected chi connectivity index (χ0v) is 33.8. The number of carbonyl (C=O) groups is 2. The van der Waals surface area contributed by atoms with Gasteiger partial charge in [-0.05, 0) is 72.6 Å². The van der Waals surface area contributed by atoms with Crippen LogP contribution in [0.15, 0.2) is 58.5 Å². The molecule has 0 amide bonds. The quantitative estimate of drug-likeness (QED) is 0.139. The van der Waals surface area contributed by atoms with Gasteiger partial charge in [-0.15, -0.1) is 43.1 Å². The van der Waals surface area contributed by atoms with Gasteiger partial charge in [0.25, 0.3) is 0 Å². The van der Waals surface area contributed by atoms with Crippen LogP contribution in [0.1, 0.15) is 81.6 Å². The normalized spacial score (nSPS) is 15.8. The van der Waals surface area contributed by atoms with Crippen LogP contribution in [0, 0.1) is 27.7 Å². The SMILES string of the molecule is COC(=O)C[C@@H]1N=C(c2ccc(Cl)cc2)c2c(sc(Bc3sc4c(c3C)C(c3ccc(Cl)cc3)=N[C@@H](CC(=O)OC)c3nnc(C)n3-4)c2C)-n2c(C)nnc21. The van der Waals surface area contributed by atoms with Crippen LogP contribution in [0.4, 0.5) is 0 Å². The second kappa shape index (κ2) is 14.6. The van der Waals surface area contributed by atoms with E-state index in [1.807, 2.05) is 71.5 Å². The number of benzene rings is 2. The summed E-state index contributed by atoms with van der Waals surface area (Å²) < 4.78 is 16.4. The van der Waals surface area contributed by atoms with Crippen molar-refractivity contribution in [3.63, 3.8) is 0 Å². The number of rotatable bonds is 8. The largest absolute Gasteiger partial charge is 0.469 e. The zero-order valence-electron chi connectivity index (χ0n) is 30.7. The van der Waals surface area contributed by atoms with E-state index in [1.165, 1.54) is 14.2 Å². The van der Waals surface area contributed by atoms with Gasteiger partial charge in [-0.2, -0.15) is 0 Å². The molecule has 6 heterocycles. The fourth-order valence-electron chi connectivity index (χ4n) is 7.10. The molecule has 0 spiro atoms. The number of methoxy groups -OCH3 is 2. The molecule has 6 aromatic rings. The number of ether oxygens (including phenoxy) is 2. The fraction of sp³-hybridized carbons (Fsp3) is 0.263. The molecule has 0 radical (unpaired) electrons. The van der Waals surface area contributed by atoms with E-state index < -0.39 is 24.0 Å². The van der Waals surface area contributed by atoms with Crippen LogP contribution in [0.25, 0.3) is 10.0 Å². The van der Waals surface area contributed by atoms with E-state index in [9.17, 15) is 9.59 Å². The van der Waals surface area contributed by atoms with Gasteiger partial charge in [0.1, 0.15) is 33.7 Å². The van der Waals surface area contributed by atoms with Crippen LogP contribution >= 0.6 is 45.9 Å². The van der Waals surface area contributed by atoms with Crippen LogP contribution in [-0.2, 0) is 19.1 Å². The molecule has 0 aliphatic carbocycles. The summed E-state index contributed by atoms with van der Waals surface area (Å²) in [6.45, 7) is 8.04. The van der Waals surface area contributed by atoms with E-state index in [4.69, 9.17) is 42.7 Å². The lowest BCUT2D eigenvalue weighted by Crippen LogP contribution is -2.27. The van der Waals surface area contributed by atoms with Crippen molar-refractivity contribution < 1.29 is 19.1 Å². The molecule has 0 fully saturated rings. The third-order valence-corrected chi connectivity index (χ3v) is 13.0. The lowest BCUT2D eigenvalue weighted by molar-refractivity contribution is -0.142. The monoisotopic (exact) mass is 810 g/mol. The summed E-state index contributed by atoms with van der Waals surface area (Å²) in [5, 5.41) is 21.0. The summed E-state index contributed by atoms with van der Waals surface area (Å²) >= 11 is 16.0. The minimum atomic E-state index is -0.619. The van der Waals surface area contributed by atoms with Gasteiger partial charge in [0, 0.05) is 32.3 Å². The molecule has 0 bridgehead atoms. The Morgan fingerprint density at radius 1 is 0.655 bits per heavy atom. The van der Waals surface area contributed by atoms with Crippen molar-refractivity contribution in [3.05, 3.63) is 115 Å². The van der Waals surface area contributed by atoms with E-state index in [-0.39, 0.29) is 12.8 Å². The Kier molecular flexibility index (Phi) is 9.82. The van der Waals surface area contributed by atoms with Crippen LogP contribution in [-0.4, -0.2) is 74.4 Å². The fourth-order valence-corrected chi connectivity index (χ4v) is 10.2. The molecule has 12 nitrogen and oxygen atoms in total. The maximum atomic E-state index is 12.7. The van der Waals surface area contributed by atoms with E-state index in [2.05, 4.69) is 34.2 Å². The van der Waals surface area contributed by atoms with Crippen molar-refractivity contribution in [2.45, 2.75) is 52.6 Å². The molecule has 17 heteroatoms. The zero-order chi connectivity index (χ0) is 38.7. The Morgan fingerprint density at radius 3 is 1.40 bits per heavy atom. The summed E-state index contributed by atoms with van der Waals surface area (Å²) in [5.74, 6) is 1.73. The molecule has 8 rings (SSSR count). The number of halogens is 2. The highest BCUT2D eigenvalue weighted by atomic mass is 35.5. The van der Waals surface area contributed by atoms with Gasteiger partial charge in [-0.3, -0.25) is 28.7 Å². The van der Waals surface area contributed by atoms with Gasteiger partial charge >= 0.3 is 11.9 Å². The second-order valence-corrected chi connectivity index (χ2v) is 16.3. The number of thiophene rings is 2. The summed E-state index contributed by atoms with van der Waals surface area (Å²) in [5.41, 5.74) is 7.21. The number of aromatic nitrogens is 6. The third-order valence-electron chi connectivity index (χ3n) is 9.93. The molecule has 2 aliphatic rings. The molecule has 2 atom stereocenters. The molecule has 0 saturated heterocycles. The number of nitrogens with zero attached hydrogens (tertiary/aromatic N) is 8. The van der Waals surface area contributed by atoms with Crippen molar-refractivity contribution in [1.82, 2.24) is 29.5 Å². The van der Waals surface area contributed by atoms with Gasteiger partial charge < -0.3 is 9.47 Å². The van der Waals surface area contributed by atoms with Gasteiger partial charge in [0.2, 0.25) is 7.28 Å². The van der Waals surface area contributed by atoms with Gasteiger partial charge in [0.05, 0.1) is 38.5 Å². The Bertz CT molecular complexity index is 2400. The van der Waals surface area contributed by atoms with Crippen LogP contribution in [0.5, 0.6) is 0 Å². The first-order chi connectivity index (χ1) is 26.5. The number of aryl methyl sites for hydroxylation is 2. The molecule has 2 aromatic carbocycles. The first-order valence-electron chi connectivity index (χ1n) is 17.4. The Hall–Kier alpha value is -4.96. The minimum Gasteiger partial charge on any atom is -0.469 e. The Morgan fingerprint density at radius 2 is 1.04 bits per heavy atom. The molecule has 278 valence electrons. The Labute approximate surface area is 335 Å². The molecule has 55 heavy (non-hydrogen) atoms. The molecular weight excluding hydrogens is 778 g/mol. The number of fused-ring (bicyclic) bond motifs is 6.